The molecule has 8 heteroatoms. The van der Waals surface area contributed by atoms with E-state index in [4.69, 9.17) is 14.0 Å². The second kappa shape index (κ2) is 9.69. The van der Waals surface area contributed by atoms with Crippen LogP contribution in [0.3, 0.4) is 0 Å². The van der Waals surface area contributed by atoms with Crippen molar-refractivity contribution in [2.75, 3.05) is 20.1 Å². The summed E-state index contributed by atoms with van der Waals surface area (Å²) >= 11 is 0. The smallest absolute Gasteiger partial charge is 0.402 e. The molecular weight excluding hydrogens is 419 g/mol. The highest BCUT2D eigenvalue weighted by atomic mass is 31.2. The first-order chi connectivity index (χ1) is 14.7. The molecule has 0 aliphatic heterocycles. The number of ketones is 1. The number of benzene rings is 2. The van der Waals surface area contributed by atoms with E-state index in [0.29, 0.717) is 41.9 Å². The Morgan fingerprint density at radius 1 is 1.23 bits per heavy atom. The molecule has 0 heterocycles. The average Bonchev–Trinajstić information content (AvgIpc) is 3.12. The van der Waals surface area contributed by atoms with Crippen LogP contribution in [0, 0.1) is 6.92 Å². The van der Waals surface area contributed by atoms with Crippen LogP contribution in [-0.2, 0) is 22.1 Å². The molecule has 31 heavy (non-hydrogen) atoms. The predicted molar refractivity (Wildman–Crippen MR) is 117 cm³/mol. The molecular formula is C23H27O7P. The molecule has 1 aliphatic rings. The number of ether oxygens (including phenoxy) is 2. The Morgan fingerprint density at radius 3 is 2.61 bits per heavy atom. The van der Waals surface area contributed by atoms with Crippen molar-refractivity contribution >= 4 is 13.4 Å². The van der Waals surface area contributed by atoms with Gasteiger partial charge in [-0.05, 0) is 49.9 Å². The lowest BCUT2D eigenvalue weighted by atomic mass is 9.95. The van der Waals surface area contributed by atoms with Gasteiger partial charge < -0.3 is 24.0 Å². The fourth-order valence-electron chi connectivity index (χ4n) is 3.72. The predicted octanol–water partition coefficient (Wildman–Crippen LogP) is 4.57. The summed E-state index contributed by atoms with van der Waals surface area (Å²) in [5.41, 5.74) is 3.47. The third kappa shape index (κ3) is 5.37. The van der Waals surface area contributed by atoms with Crippen molar-refractivity contribution in [2.45, 2.75) is 33.1 Å². The van der Waals surface area contributed by atoms with Crippen molar-refractivity contribution < 1.29 is 33.4 Å². The van der Waals surface area contributed by atoms with Crippen molar-refractivity contribution in [3.8, 4) is 17.2 Å². The van der Waals surface area contributed by atoms with Gasteiger partial charge in [0.05, 0.1) is 19.3 Å². The summed E-state index contributed by atoms with van der Waals surface area (Å²) in [6.07, 6.45) is 2.73. The number of phenols is 1. The van der Waals surface area contributed by atoms with Crippen LogP contribution in [-0.4, -0.2) is 35.8 Å². The lowest BCUT2D eigenvalue weighted by molar-refractivity contribution is 0.0992. The highest BCUT2D eigenvalue weighted by molar-refractivity contribution is 7.53. The van der Waals surface area contributed by atoms with Gasteiger partial charge in [-0.25, -0.2) is 4.57 Å². The zero-order valence-corrected chi connectivity index (χ0v) is 18.8. The fraction of sp³-hybridized carbons (Fsp3) is 0.348. The maximum absolute atomic E-state index is 12.2. The lowest BCUT2D eigenvalue weighted by Crippen LogP contribution is -2.05. The molecule has 0 radical (unpaired) electrons. The lowest BCUT2D eigenvalue weighted by Gasteiger charge is -2.17. The summed E-state index contributed by atoms with van der Waals surface area (Å²) in [6, 6.07) is 8.39. The Balaban J connectivity index is 1.65. The van der Waals surface area contributed by atoms with Gasteiger partial charge in [0.2, 0.25) is 0 Å². The molecule has 7 nitrogen and oxygen atoms in total. The number of carbonyl (C=O) groups excluding carboxylic acids is 1. The number of aromatic hydroxyl groups is 1. The van der Waals surface area contributed by atoms with E-state index in [1.165, 1.54) is 0 Å². The van der Waals surface area contributed by atoms with Crippen molar-refractivity contribution in [3.05, 3.63) is 64.2 Å². The summed E-state index contributed by atoms with van der Waals surface area (Å²) in [5, 5.41) is 10.7. The normalized spacial score (nSPS) is 15.5. The molecule has 0 saturated heterocycles. The van der Waals surface area contributed by atoms with Crippen molar-refractivity contribution in [3.63, 3.8) is 0 Å². The molecule has 0 bridgehead atoms. The van der Waals surface area contributed by atoms with Gasteiger partial charge in [-0.2, -0.15) is 0 Å². The highest BCUT2D eigenvalue weighted by Crippen LogP contribution is 2.43. The van der Waals surface area contributed by atoms with E-state index in [1.807, 2.05) is 19.9 Å². The van der Waals surface area contributed by atoms with Crippen LogP contribution in [0.2, 0.25) is 0 Å². The Morgan fingerprint density at radius 2 is 1.94 bits per heavy atom. The second-order valence-corrected chi connectivity index (χ2v) is 9.25. The molecule has 1 unspecified atom stereocenters. The standard InChI is InChI=1S/C23H27O7P/c1-15(13-29-14-31(26,27)30-17-7-5-4-6-8-17)9-10-19-22(25)21-18(11-12-20(21)24)16(2)23(19)28-3/h4-9,25H,10-14H2,1-3H3,(H,26,27). The Labute approximate surface area is 181 Å². The van der Waals surface area contributed by atoms with Gasteiger partial charge in [-0.1, -0.05) is 29.8 Å². The summed E-state index contributed by atoms with van der Waals surface area (Å²) < 4.78 is 28.1. The molecule has 166 valence electrons. The topological polar surface area (TPSA) is 102 Å². The molecule has 0 spiro atoms. The van der Waals surface area contributed by atoms with Crippen LogP contribution >= 0.6 is 7.60 Å². The van der Waals surface area contributed by atoms with Gasteiger partial charge in [0.15, 0.2) is 12.1 Å². The molecule has 0 saturated carbocycles. The molecule has 2 aromatic rings. The van der Waals surface area contributed by atoms with Crippen LogP contribution in [0.1, 0.15) is 40.4 Å². The SMILES string of the molecule is COc1c(C)c2c(c(O)c1CC=C(C)COCP(=O)(O)Oc1ccccc1)C(=O)CC2. The third-order valence-electron chi connectivity index (χ3n) is 5.21. The van der Waals surface area contributed by atoms with Gasteiger partial charge in [0.1, 0.15) is 17.2 Å². The van der Waals surface area contributed by atoms with Crippen molar-refractivity contribution in [1.82, 2.24) is 0 Å². The Hall–Kier alpha value is -2.60. The molecule has 2 aromatic carbocycles. The van der Waals surface area contributed by atoms with Crippen LogP contribution in [0.25, 0.3) is 0 Å². The third-order valence-corrected chi connectivity index (χ3v) is 6.21. The largest absolute Gasteiger partial charge is 0.507 e. The average molecular weight is 446 g/mol. The monoisotopic (exact) mass is 446 g/mol. The minimum atomic E-state index is -3.94. The van der Waals surface area contributed by atoms with Crippen LogP contribution in [0.4, 0.5) is 0 Å². The maximum Gasteiger partial charge on any atom is 0.402 e. The molecule has 1 aliphatic carbocycles. The van der Waals surface area contributed by atoms with E-state index in [1.54, 1.807) is 37.4 Å². The number of methoxy groups -OCH3 is 1. The van der Waals surface area contributed by atoms with Gasteiger partial charge in [0, 0.05) is 12.0 Å². The number of para-hydroxylation sites is 1. The molecule has 2 N–H and O–H groups in total. The first kappa shape index (κ1) is 23.1. The van der Waals surface area contributed by atoms with Crippen molar-refractivity contribution in [1.29, 1.82) is 0 Å². The van der Waals surface area contributed by atoms with Gasteiger partial charge in [0.25, 0.3) is 0 Å². The minimum absolute atomic E-state index is 0.0268. The number of phenolic OH excluding ortho intramolecular Hbond substituents is 1. The van der Waals surface area contributed by atoms with E-state index < -0.39 is 13.9 Å². The first-order valence-corrected chi connectivity index (χ1v) is 11.7. The molecule has 0 aromatic heterocycles. The van der Waals surface area contributed by atoms with Gasteiger partial charge in [-0.15, -0.1) is 0 Å². The quantitative estimate of drug-likeness (QED) is 0.430. The number of hydrogen-bond acceptors (Lipinski definition) is 6. The molecule has 0 fully saturated rings. The van der Waals surface area contributed by atoms with E-state index in [9.17, 15) is 19.4 Å². The number of allylic oxidation sites excluding steroid dienone is 1. The van der Waals surface area contributed by atoms with Crippen LogP contribution in [0.5, 0.6) is 17.2 Å². The van der Waals surface area contributed by atoms with E-state index in [0.717, 1.165) is 16.7 Å². The van der Waals surface area contributed by atoms with Gasteiger partial charge in [-0.3, -0.25) is 4.79 Å². The Kier molecular flexibility index (Phi) is 7.21. The zero-order chi connectivity index (χ0) is 22.6. The number of hydrogen-bond donors (Lipinski definition) is 2. The molecule has 3 rings (SSSR count). The number of Topliss-reactive ketones (excluding diaryl/α,β-unsaturated/α-hetero) is 1. The summed E-state index contributed by atoms with van der Waals surface area (Å²) in [6.45, 7) is 3.83. The highest BCUT2D eigenvalue weighted by Gasteiger charge is 2.30. The fourth-order valence-corrected chi connectivity index (χ4v) is 4.55. The van der Waals surface area contributed by atoms with Crippen LogP contribution < -0.4 is 9.26 Å². The van der Waals surface area contributed by atoms with E-state index in [2.05, 4.69) is 0 Å². The summed E-state index contributed by atoms with van der Waals surface area (Å²) in [4.78, 5) is 22.1. The first-order valence-electron chi connectivity index (χ1n) is 9.97. The molecule has 1 atom stereocenters. The summed E-state index contributed by atoms with van der Waals surface area (Å²) in [7, 11) is -2.40. The van der Waals surface area contributed by atoms with Crippen molar-refractivity contribution in [2.24, 2.45) is 0 Å². The zero-order valence-electron chi connectivity index (χ0n) is 17.9. The van der Waals surface area contributed by atoms with Crippen LogP contribution in [0.15, 0.2) is 42.0 Å². The Bertz CT molecular complexity index is 1040. The second-order valence-electron chi connectivity index (χ2n) is 7.54. The maximum atomic E-state index is 12.2. The number of fused-ring (bicyclic) bond motifs is 1. The molecule has 0 amide bonds. The van der Waals surface area contributed by atoms with E-state index in [-0.39, 0.29) is 18.1 Å². The van der Waals surface area contributed by atoms with E-state index >= 15 is 0 Å². The number of carbonyl (C=O) groups is 1. The van der Waals surface area contributed by atoms with Gasteiger partial charge >= 0.3 is 7.60 Å². The minimum Gasteiger partial charge on any atom is -0.507 e. The summed E-state index contributed by atoms with van der Waals surface area (Å²) in [5.74, 6) is 0.794. The number of rotatable bonds is 9.